The number of hydrogen-bond donors (Lipinski definition) is 1. The third-order valence-corrected chi connectivity index (χ3v) is 4.06. The van der Waals surface area contributed by atoms with Crippen LogP contribution in [0, 0.1) is 0 Å². The van der Waals surface area contributed by atoms with E-state index < -0.39 is 9.84 Å². The fraction of sp³-hybridized carbons (Fsp3) is 0.222. The van der Waals surface area contributed by atoms with Gasteiger partial charge in [-0.1, -0.05) is 18.2 Å². The first-order valence-corrected chi connectivity index (χ1v) is 5.89. The third kappa shape index (κ3) is 1.29. The van der Waals surface area contributed by atoms with Gasteiger partial charge < -0.3 is 5.84 Å². The molecule has 1 aliphatic rings. The van der Waals surface area contributed by atoms with Crippen molar-refractivity contribution in [1.29, 1.82) is 0 Å². The van der Waals surface area contributed by atoms with E-state index in [1.807, 2.05) is 0 Å². The Hall–Kier alpha value is -1.36. The Bertz CT molecular complexity index is 491. The fourth-order valence-corrected chi connectivity index (χ4v) is 3.07. The summed E-state index contributed by atoms with van der Waals surface area (Å²) >= 11 is 0. The highest BCUT2D eigenvalue weighted by Gasteiger charge is 2.26. The Morgan fingerprint density at radius 2 is 2.00 bits per heavy atom. The molecule has 5 heteroatoms. The second-order valence-corrected chi connectivity index (χ2v) is 5.22. The maximum Gasteiger partial charge on any atom is 0.179 e. The van der Waals surface area contributed by atoms with E-state index in [1.165, 1.54) is 0 Å². The second kappa shape index (κ2) is 3.09. The molecule has 0 unspecified atom stereocenters. The van der Waals surface area contributed by atoms with Gasteiger partial charge in [0.25, 0.3) is 0 Å². The van der Waals surface area contributed by atoms with Gasteiger partial charge in [-0.3, -0.25) is 0 Å². The topological polar surface area (TPSA) is 72.5 Å². The minimum Gasteiger partial charge on any atom is -0.323 e. The molecule has 14 heavy (non-hydrogen) atoms. The van der Waals surface area contributed by atoms with Crippen molar-refractivity contribution in [3.8, 4) is 0 Å². The predicted octanol–water partition coefficient (Wildman–Crippen LogP) is 0.527. The Balaban J connectivity index is 2.73. The van der Waals surface area contributed by atoms with E-state index in [0.29, 0.717) is 22.6 Å². The number of sulfone groups is 1. The molecule has 0 spiro atoms. The van der Waals surface area contributed by atoms with E-state index in [1.54, 1.807) is 24.3 Å². The van der Waals surface area contributed by atoms with Crippen LogP contribution in [-0.2, 0) is 9.84 Å². The Morgan fingerprint density at radius 3 is 2.71 bits per heavy atom. The lowest BCUT2D eigenvalue weighted by Crippen LogP contribution is -2.22. The number of hydrogen-bond acceptors (Lipinski definition) is 4. The molecule has 0 saturated heterocycles. The molecule has 0 atom stereocenters. The molecule has 4 nitrogen and oxygen atoms in total. The monoisotopic (exact) mass is 210 g/mol. The van der Waals surface area contributed by atoms with Crippen LogP contribution in [0.25, 0.3) is 0 Å². The average Bonchev–Trinajstić information content (AvgIpc) is 2.18. The van der Waals surface area contributed by atoms with Gasteiger partial charge in [-0.15, -0.1) is 0 Å². The Morgan fingerprint density at radius 1 is 1.29 bits per heavy atom. The normalized spacial score (nSPS) is 21.9. The molecule has 74 valence electrons. The van der Waals surface area contributed by atoms with Crippen molar-refractivity contribution in [3.05, 3.63) is 29.8 Å². The molecular formula is C9H10N2O2S. The lowest BCUT2D eigenvalue weighted by Gasteiger charge is -2.16. The number of benzene rings is 1. The summed E-state index contributed by atoms with van der Waals surface area (Å²) in [4.78, 5) is 0.343. The van der Waals surface area contributed by atoms with Gasteiger partial charge >= 0.3 is 0 Å². The van der Waals surface area contributed by atoms with Crippen LogP contribution in [0.1, 0.15) is 12.0 Å². The molecule has 2 N–H and O–H groups in total. The first kappa shape index (κ1) is 9.21. The fourth-order valence-electron chi connectivity index (χ4n) is 1.59. The summed E-state index contributed by atoms with van der Waals surface area (Å²) in [5, 5.41) is 3.61. The van der Waals surface area contributed by atoms with Crippen molar-refractivity contribution >= 4 is 15.5 Å². The maximum absolute atomic E-state index is 11.6. The summed E-state index contributed by atoms with van der Waals surface area (Å²) in [7, 11) is -3.12. The predicted molar refractivity (Wildman–Crippen MR) is 53.8 cm³/mol. The third-order valence-electron chi connectivity index (χ3n) is 2.30. The largest absolute Gasteiger partial charge is 0.323 e. The van der Waals surface area contributed by atoms with E-state index in [-0.39, 0.29) is 5.75 Å². The highest BCUT2D eigenvalue weighted by atomic mass is 32.2. The zero-order chi connectivity index (χ0) is 10.2. The molecule has 0 aliphatic carbocycles. The zero-order valence-corrected chi connectivity index (χ0v) is 8.29. The Labute approximate surface area is 82.4 Å². The summed E-state index contributed by atoms with van der Waals surface area (Å²) in [6, 6.07) is 6.81. The minimum absolute atomic E-state index is 0.0973. The summed E-state index contributed by atoms with van der Waals surface area (Å²) < 4.78 is 23.3. The van der Waals surface area contributed by atoms with Crippen LogP contribution in [0.2, 0.25) is 0 Å². The van der Waals surface area contributed by atoms with Crippen molar-refractivity contribution in [1.82, 2.24) is 0 Å². The molecule has 0 bridgehead atoms. The molecule has 1 aromatic rings. The van der Waals surface area contributed by atoms with Crippen LogP contribution in [0.15, 0.2) is 34.3 Å². The van der Waals surface area contributed by atoms with Gasteiger partial charge in [0.05, 0.1) is 16.4 Å². The van der Waals surface area contributed by atoms with Gasteiger partial charge in [-0.2, -0.15) is 5.10 Å². The number of hydrazone groups is 1. The van der Waals surface area contributed by atoms with Gasteiger partial charge in [0.1, 0.15) is 0 Å². The van der Waals surface area contributed by atoms with Crippen molar-refractivity contribution in [2.45, 2.75) is 11.3 Å². The van der Waals surface area contributed by atoms with Crippen molar-refractivity contribution in [3.63, 3.8) is 0 Å². The number of nitrogens with two attached hydrogens (primary N) is 1. The van der Waals surface area contributed by atoms with Gasteiger partial charge in [-0.05, 0) is 6.07 Å². The molecule has 1 aliphatic heterocycles. The number of fused-ring (bicyclic) bond motifs is 1. The van der Waals surface area contributed by atoms with Gasteiger partial charge in [-0.25, -0.2) is 8.42 Å². The van der Waals surface area contributed by atoms with E-state index in [0.717, 1.165) is 0 Å². The van der Waals surface area contributed by atoms with E-state index in [4.69, 9.17) is 5.84 Å². The maximum atomic E-state index is 11.6. The van der Waals surface area contributed by atoms with Crippen molar-refractivity contribution in [2.24, 2.45) is 10.9 Å². The lowest BCUT2D eigenvalue weighted by molar-refractivity contribution is 0.594. The molecule has 1 heterocycles. The molecule has 0 fully saturated rings. The Kier molecular flexibility index (Phi) is 2.03. The molecule has 1 aromatic carbocycles. The van der Waals surface area contributed by atoms with Gasteiger partial charge in [0.15, 0.2) is 9.84 Å². The number of nitrogens with zero attached hydrogens (tertiary/aromatic N) is 1. The quantitative estimate of drug-likeness (QED) is 0.501. The summed E-state index contributed by atoms with van der Waals surface area (Å²) in [5.74, 6) is 5.30. The van der Waals surface area contributed by atoms with Gasteiger partial charge in [0, 0.05) is 12.0 Å². The van der Waals surface area contributed by atoms with E-state index in [2.05, 4.69) is 5.10 Å². The first-order valence-electron chi connectivity index (χ1n) is 4.24. The second-order valence-electron chi connectivity index (χ2n) is 3.14. The lowest BCUT2D eigenvalue weighted by atomic mass is 10.1. The zero-order valence-electron chi connectivity index (χ0n) is 7.47. The molecular weight excluding hydrogens is 200 g/mol. The average molecular weight is 210 g/mol. The summed E-state index contributed by atoms with van der Waals surface area (Å²) in [6.45, 7) is 0. The summed E-state index contributed by atoms with van der Waals surface area (Å²) in [5.41, 5.74) is 1.30. The highest BCUT2D eigenvalue weighted by Crippen LogP contribution is 2.24. The smallest absolute Gasteiger partial charge is 0.179 e. The minimum atomic E-state index is -3.12. The van der Waals surface area contributed by atoms with Crippen LogP contribution < -0.4 is 5.84 Å². The molecule has 2 rings (SSSR count). The van der Waals surface area contributed by atoms with Gasteiger partial charge in [0.2, 0.25) is 0 Å². The van der Waals surface area contributed by atoms with Crippen LogP contribution in [0.5, 0.6) is 0 Å². The van der Waals surface area contributed by atoms with Crippen molar-refractivity contribution < 1.29 is 8.42 Å². The molecule has 0 radical (unpaired) electrons. The molecule has 0 amide bonds. The van der Waals surface area contributed by atoms with E-state index in [9.17, 15) is 8.42 Å². The SMILES string of the molecule is N/N=C1/CCS(=O)(=O)c2ccccc21. The van der Waals surface area contributed by atoms with Crippen molar-refractivity contribution in [2.75, 3.05) is 5.75 Å². The standard InChI is InChI=1S/C9H10N2O2S/c10-11-8-5-6-14(12,13)9-4-2-1-3-7(8)9/h1-4H,5-6,10H2/b11-8-. The van der Waals surface area contributed by atoms with Crippen LogP contribution in [-0.4, -0.2) is 19.9 Å². The summed E-state index contributed by atoms with van der Waals surface area (Å²) in [6.07, 6.45) is 0.399. The van der Waals surface area contributed by atoms with Crippen LogP contribution >= 0.6 is 0 Å². The number of rotatable bonds is 0. The van der Waals surface area contributed by atoms with Crippen LogP contribution in [0.3, 0.4) is 0 Å². The first-order chi connectivity index (χ1) is 6.65. The van der Waals surface area contributed by atoms with E-state index >= 15 is 0 Å². The molecule has 0 aromatic heterocycles. The van der Waals surface area contributed by atoms with Crippen LogP contribution in [0.4, 0.5) is 0 Å². The highest BCUT2D eigenvalue weighted by molar-refractivity contribution is 7.91. The molecule has 0 saturated carbocycles.